The van der Waals surface area contributed by atoms with Crippen molar-refractivity contribution in [3.63, 3.8) is 0 Å². The van der Waals surface area contributed by atoms with Gasteiger partial charge in [0.15, 0.2) is 0 Å². The van der Waals surface area contributed by atoms with Crippen molar-refractivity contribution >= 4 is 0 Å². The molecule has 4 nitrogen and oxygen atoms in total. The summed E-state index contributed by atoms with van der Waals surface area (Å²) in [5, 5.41) is 9.01. The van der Waals surface area contributed by atoms with Crippen molar-refractivity contribution in [1.29, 1.82) is 0 Å². The van der Waals surface area contributed by atoms with Gasteiger partial charge in [0.05, 0.1) is 13.7 Å². The SMILES string of the molecule is COc1cccc([C@@H](C)N(C)Cc2ccc(CO)o2)c1. The van der Waals surface area contributed by atoms with Crippen molar-refractivity contribution in [2.45, 2.75) is 26.1 Å². The van der Waals surface area contributed by atoms with E-state index in [9.17, 15) is 0 Å². The van der Waals surface area contributed by atoms with E-state index in [1.807, 2.05) is 31.3 Å². The molecule has 1 N–H and O–H groups in total. The molecule has 2 rings (SSSR count). The molecule has 1 aromatic carbocycles. The van der Waals surface area contributed by atoms with Gasteiger partial charge in [-0.15, -0.1) is 0 Å². The van der Waals surface area contributed by atoms with Gasteiger partial charge in [-0.3, -0.25) is 4.90 Å². The normalized spacial score (nSPS) is 12.7. The number of furan rings is 1. The first-order chi connectivity index (χ1) is 9.63. The largest absolute Gasteiger partial charge is 0.497 e. The summed E-state index contributed by atoms with van der Waals surface area (Å²) in [6.07, 6.45) is 0. The monoisotopic (exact) mass is 275 g/mol. The molecular formula is C16H21NO3. The van der Waals surface area contributed by atoms with E-state index in [4.69, 9.17) is 14.3 Å². The van der Waals surface area contributed by atoms with Gasteiger partial charge in [0.2, 0.25) is 0 Å². The van der Waals surface area contributed by atoms with Crippen LogP contribution < -0.4 is 4.74 Å². The second-order valence-corrected chi connectivity index (χ2v) is 4.89. The standard InChI is InChI=1S/C16H21NO3/c1-12(13-5-4-6-14(9-13)19-3)17(2)10-15-7-8-16(11-18)20-15/h4-9,12,18H,10-11H2,1-3H3/t12-/m1/s1. The number of aliphatic hydroxyl groups excluding tert-OH is 1. The summed E-state index contributed by atoms with van der Waals surface area (Å²) in [4.78, 5) is 2.19. The van der Waals surface area contributed by atoms with Crippen LogP contribution in [0.3, 0.4) is 0 Å². The third kappa shape index (κ3) is 3.40. The Hall–Kier alpha value is -1.78. The highest BCUT2D eigenvalue weighted by Gasteiger charge is 2.14. The maximum Gasteiger partial charge on any atom is 0.129 e. The van der Waals surface area contributed by atoms with Crippen molar-refractivity contribution in [2.24, 2.45) is 0 Å². The molecular weight excluding hydrogens is 254 g/mol. The average Bonchev–Trinajstić information content (AvgIpc) is 2.94. The zero-order valence-electron chi connectivity index (χ0n) is 12.2. The first-order valence-corrected chi connectivity index (χ1v) is 6.66. The van der Waals surface area contributed by atoms with E-state index in [0.717, 1.165) is 11.5 Å². The number of benzene rings is 1. The second-order valence-electron chi connectivity index (χ2n) is 4.89. The molecule has 108 valence electrons. The van der Waals surface area contributed by atoms with E-state index < -0.39 is 0 Å². The minimum absolute atomic E-state index is 0.0604. The van der Waals surface area contributed by atoms with Crippen LogP contribution in [0.5, 0.6) is 5.75 Å². The van der Waals surface area contributed by atoms with Crippen LogP contribution in [0.15, 0.2) is 40.8 Å². The number of hydrogen-bond donors (Lipinski definition) is 1. The van der Waals surface area contributed by atoms with E-state index in [2.05, 4.69) is 17.9 Å². The summed E-state index contributed by atoms with van der Waals surface area (Å²) in [6, 6.07) is 12.0. The number of ether oxygens (including phenoxy) is 1. The zero-order chi connectivity index (χ0) is 14.5. The Morgan fingerprint density at radius 1 is 1.25 bits per heavy atom. The minimum Gasteiger partial charge on any atom is -0.497 e. The summed E-state index contributed by atoms with van der Waals surface area (Å²) in [7, 11) is 3.72. The molecule has 0 amide bonds. The first kappa shape index (κ1) is 14.6. The Balaban J connectivity index is 2.05. The Labute approximate surface area is 119 Å². The van der Waals surface area contributed by atoms with Crippen LogP contribution in [-0.4, -0.2) is 24.2 Å². The maximum absolute atomic E-state index is 9.01. The molecule has 0 fully saturated rings. The molecule has 4 heteroatoms. The topological polar surface area (TPSA) is 45.8 Å². The fourth-order valence-corrected chi connectivity index (χ4v) is 2.13. The number of aliphatic hydroxyl groups is 1. The van der Waals surface area contributed by atoms with Gasteiger partial charge in [0, 0.05) is 6.04 Å². The van der Waals surface area contributed by atoms with Crippen molar-refractivity contribution < 1.29 is 14.3 Å². The molecule has 2 aromatic rings. The molecule has 0 aliphatic carbocycles. The van der Waals surface area contributed by atoms with E-state index in [1.54, 1.807) is 13.2 Å². The van der Waals surface area contributed by atoms with E-state index >= 15 is 0 Å². The number of hydrogen-bond acceptors (Lipinski definition) is 4. The fourth-order valence-electron chi connectivity index (χ4n) is 2.13. The molecule has 0 aliphatic rings. The van der Waals surface area contributed by atoms with Crippen LogP contribution in [0.4, 0.5) is 0 Å². The van der Waals surface area contributed by atoms with Crippen LogP contribution in [0.1, 0.15) is 30.0 Å². The highest BCUT2D eigenvalue weighted by atomic mass is 16.5. The Bertz CT molecular complexity index is 550. The third-order valence-electron chi connectivity index (χ3n) is 3.52. The lowest BCUT2D eigenvalue weighted by Gasteiger charge is -2.24. The van der Waals surface area contributed by atoms with Crippen LogP contribution in [-0.2, 0) is 13.2 Å². The van der Waals surface area contributed by atoms with Crippen LogP contribution in [0, 0.1) is 0 Å². The minimum atomic E-state index is -0.0604. The molecule has 0 bridgehead atoms. The summed E-state index contributed by atoms with van der Waals surface area (Å²) in [6.45, 7) is 2.78. The highest BCUT2D eigenvalue weighted by Crippen LogP contribution is 2.24. The highest BCUT2D eigenvalue weighted by molar-refractivity contribution is 5.30. The van der Waals surface area contributed by atoms with Crippen molar-refractivity contribution in [3.8, 4) is 5.75 Å². The molecule has 20 heavy (non-hydrogen) atoms. The molecule has 0 saturated carbocycles. The average molecular weight is 275 g/mol. The van der Waals surface area contributed by atoms with Crippen LogP contribution in [0.2, 0.25) is 0 Å². The summed E-state index contributed by atoms with van der Waals surface area (Å²) in [5.41, 5.74) is 1.20. The Morgan fingerprint density at radius 3 is 2.65 bits per heavy atom. The van der Waals surface area contributed by atoms with Crippen molar-refractivity contribution in [2.75, 3.05) is 14.2 Å². The Kier molecular flexibility index (Phi) is 4.82. The molecule has 0 aliphatic heterocycles. The van der Waals surface area contributed by atoms with Crippen molar-refractivity contribution in [1.82, 2.24) is 4.90 Å². The van der Waals surface area contributed by atoms with Crippen LogP contribution >= 0.6 is 0 Å². The van der Waals surface area contributed by atoms with Gasteiger partial charge in [0.25, 0.3) is 0 Å². The van der Waals surface area contributed by atoms with Crippen molar-refractivity contribution in [3.05, 3.63) is 53.5 Å². The summed E-state index contributed by atoms with van der Waals surface area (Å²) >= 11 is 0. The van der Waals surface area contributed by atoms with E-state index in [-0.39, 0.29) is 12.6 Å². The van der Waals surface area contributed by atoms with Gasteiger partial charge < -0.3 is 14.3 Å². The molecule has 0 unspecified atom stereocenters. The number of methoxy groups -OCH3 is 1. The zero-order valence-corrected chi connectivity index (χ0v) is 12.2. The molecule has 0 spiro atoms. The summed E-state index contributed by atoms with van der Waals surface area (Å²) in [5.74, 6) is 2.32. The molecule has 0 radical (unpaired) electrons. The van der Waals surface area contributed by atoms with Gasteiger partial charge in [-0.25, -0.2) is 0 Å². The molecule has 1 atom stereocenters. The maximum atomic E-state index is 9.01. The lowest BCUT2D eigenvalue weighted by Crippen LogP contribution is -2.21. The molecule has 1 heterocycles. The first-order valence-electron chi connectivity index (χ1n) is 6.66. The van der Waals surface area contributed by atoms with Gasteiger partial charge >= 0.3 is 0 Å². The summed E-state index contributed by atoms with van der Waals surface area (Å²) < 4.78 is 10.8. The van der Waals surface area contributed by atoms with Gasteiger partial charge in [0.1, 0.15) is 23.9 Å². The molecule has 0 saturated heterocycles. The van der Waals surface area contributed by atoms with Crippen LogP contribution in [0.25, 0.3) is 0 Å². The smallest absolute Gasteiger partial charge is 0.129 e. The van der Waals surface area contributed by atoms with E-state index in [0.29, 0.717) is 12.3 Å². The predicted molar refractivity (Wildman–Crippen MR) is 77.5 cm³/mol. The number of rotatable bonds is 6. The quantitative estimate of drug-likeness (QED) is 0.880. The van der Waals surface area contributed by atoms with Gasteiger partial charge in [-0.05, 0) is 43.8 Å². The predicted octanol–water partition coefficient (Wildman–Crippen LogP) is 2.97. The fraction of sp³-hybridized carbons (Fsp3) is 0.375. The second kappa shape index (κ2) is 6.59. The van der Waals surface area contributed by atoms with E-state index in [1.165, 1.54) is 5.56 Å². The number of nitrogens with zero attached hydrogens (tertiary/aromatic N) is 1. The third-order valence-corrected chi connectivity index (χ3v) is 3.52. The Morgan fingerprint density at radius 2 is 2.00 bits per heavy atom. The van der Waals surface area contributed by atoms with Gasteiger partial charge in [-0.2, -0.15) is 0 Å². The molecule has 1 aromatic heterocycles. The lowest BCUT2D eigenvalue weighted by molar-refractivity contribution is 0.212. The van der Waals surface area contributed by atoms with Gasteiger partial charge in [-0.1, -0.05) is 12.1 Å². The lowest BCUT2D eigenvalue weighted by atomic mass is 10.1.